The Kier molecular flexibility index (Phi) is 5.72. The normalized spacial score (nSPS) is 17.2. The molecule has 3 rings (SSSR count). The van der Waals surface area contributed by atoms with Gasteiger partial charge < -0.3 is 14.9 Å². The summed E-state index contributed by atoms with van der Waals surface area (Å²) in [6.45, 7) is 1.76. The van der Waals surface area contributed by atoms with E-state index in [1.807, 2.05) is 0 Å². The van der Waals surface area contributed by atoms with Gasteiger partial charge in [0.25, 0.3) is 11.5 Å². The number of nitrogens with zero attached hydrogens (tertiary/aromatic N) is 4. The number of carboxylic acids is 1. The van der Waals surface area contributed by atoms with Crippen molar-refractivity contribution in [3.8, 4) is 0 Å². The maximum Gasteiger partial charge on any atom is 0.323 e. The fraction of sp³-hybridized carbons (Fsp3) is 0.421. The predicted molar refractivity (Wildman–Crippen MR) is 100 cm³/mol. The Bertz CT molecular complexity index is 970. The molecule has 2 aromatic rings. The topological polar surface area (TPSA) is 112 Å². The average Bonchev–Trinajstić information content (AvgIpc) is 2.92. The summed E-state index contributed by atoms with van der Waals surface area (Å²) in [5.41, 5.74) is 0.0366. The summed E-state index contributed by atoms with van der Waals surface area (Å²) in [5.74, 6) is -1.77. The van der Waals surface area contributed by atoms with Gasteiger partial charge in [0, 0.05) is 38.4 Å². The summed E-state index contributed by atoms with van der Waals surface area (Å²) < 4.78 is 1.33. The van der Waals surface area contributed by atoms with Crippen molar-refractivity contribution in [2.75, 3.05) is 19.6 Å². The number of aromatic nitrogens is 2. The molecule has 1 atom stereocenters. The average molecular weight is 386 g/mol. The molecule has 1 aliphatic rings. The molecule has 0 aromatic carbocycles. The summed E-state index contributed by atoms with van der Waals surface area (Å²) in [5, 5.41) is 9.04. The van der Waals surface area contributed by atoms with Crippen molar-refractivity contribution in [3.05, 3.63) is 46.5 Å². The molecule has 0 radical (unpaired) electrons. The maximum atomic E-state index is 12.9. The molecule has 2 aromatic heterocycles. The highest BCUT2D eigenvalue weighted by Gasteiger charge is 2.28. The zero-order valence-corrected chi connectivity index (χ0v) is 15.6. The monoisotopic (exact) mass is 386 g/mol. The van der Waals surface area contributed by atoms with Gasteiger partial charge in [-0.05, 0) is 31.4 Å². The minimum atomic E-state index is -1.07. The van der Waals surface area contributed by atoms with Crippen LogP contribution in [0.3, 0.4) is 0 Å². The highest BCUT2D eigenvalue weighted by Crippen LogP contribution is 2.18. The van der Waals surface area contributed by atoms with Gasteiger partial charge in [0.2, 0.25) is 5.91 Å². The zero-order valence-electron chi connectivity index (χ0n) is 15.6. The lowest BCUT2D eigenvalue weighted by atomic mass is 10.1. The molecule has 1 unspecified atom stereocenters. The Morgan fingerprint density at radius 1 is 1.25 bits per heavy atom. The number of likely N-dealkylation sites (tertiary alicyclic amines) is 1. The number of carboxylic acid groups (broad SMARTS) is 1. The number of hydrogen-bond acceptors (Lipinski definition) is 5. The molecule has 148 valence electrons. The third kappa shape index (κ3) is 4.03. The number of carbonyl (C=O) groups is 3. The van der Waals surface area contributed by atoms with E-state index in [0.717, 1.165) is 0 Å². The molecule has 9 heteroatoms. The number of amides is 2. The van der Waals surface area contributed by atoms with E-state index in [4.69, 9.17) is 5.11 Å². The lowest BCUT2D eigenvalue weighted by Gasteiger charge is -2.28. The van der Waals surface area contributed by atoms with E-state index in [9.17, 15) is 19.2 Å². The summed E-state index contributed by atoms with van der Waals surface area (Å²) in [7, 11) is 0. The van der Waals surface area contributed by atoms with Crippen LogP contribution < -0.4 is 5.56 Å². The smallest absolute Gasteiger partial charge is 0.323 e. The number of pyridine rings is 1. The maximum absolute atomic E-state index is 12.9. The highest BCUT2D eigenvalue weighted by atomic mass is 16.4. The first-order valence-electron chi connectivity index (χ1n) is 9.13. The van der Waals surface area contributed by atoms with Crippen LogP contribution in [-0.4, -0.2) is 67.8 Å². The van der Waals surface area contributed by atoms with E-state index in [0.29, 0.717) is 38.0 Å². The first-order valence-corrected chi connectivity index (χ1v) is 9.13. The lowest BCUT2D eigenvalue weighted by Crippen LogP contribution is -2.43. The Morgan fingerprint density at radius 2 is 2.04 bits per heavy atom. The third-order valence-corrected chi connectivity index (χ3v) is 4.98. The minimum absolute atomic E-state index is 0.00360. The van der Waals surface area contributed by atoms with Crippen LogP contribution in [0.15, 0.2) is 35.4 Å². The molecule has 0 saturated carbocycles. The van der Waals surface area contributed by atoms with Gasteiger partial charge in [-0.1, -0.05) is 6.07 Å². The molecule has 3 heterocycles. The first-order chi connectivity index (χ1) is 13.4. The zero-order chi connectivity index (χ0) is 20.3. The van der Waals surface area contributed by atoms with Crippen LogP contribution in [0.25, 0.3) is 5.65 Å². The number of carbonyl (C=O) groups excluding carboxylic acids is 2. The van der Waals surface area contributed by atoms with E-state index in [1.54, 1.807) is 29.3 Å². The van der Waals surface area contributed by atoms with Crippen molar-refractivity contribution in [2.24, 2.45) is 0 Å². The Labute approximate surface area is 161 Å². The van der Waals surface area contributed by atoms with Crippen LogP contribution in [0.2, 0.25) is 0 Å². The van der Waals surface area contributed by atoms with E-state index in [2.05, 4.69) is 4.98 Å². The minimum Gasteiger partial charge on any atom is -0.480 e. The van der Waals surface area contributed by atoms with E-state index < -0.39 is 17.4 Å². The van der Waals surface area contributed by atoms with Crippen molar-refractivity contribution in [3.63, 3.8) is 0 Å². The Hall–Kier alpha value is -3.23. The van der Waals surface area contributed by atoms with E-state index in [-0.39, 0.29) is 24.1 Å². The number of rotatable bonds is 4. The largest absolute Gasteiger partial charge is 0.480 e. The van der Waals surface area contributed by atoms with Crippen molar-refractivity contribution in [2.45, 2.75) is 32.2 Å². The second-order valence-corrected chi connectivity index (χ2v) is 6.82. The summed E-state index contributed by atoms with van der Waals surface area (Å²) in [4.78, 5) is 55.5. The first kappa shape index (κ1) is 19.5. The Morgan fingerprint density at radius 3 is 2.75 bits per heavy atom. The molecule has 1 N–H and O–H groups in total. The van der Waals surface area contributed by atoms with Crippen LogP contribution in [0.4, 0.5) is 0 Å². The van der Waals surface area contributed by atoms with Crippen molar-refractivity contribution < 1.29 is 19.5 Å². The van der Waals surface area contributed by atoms with Crippen LogP contribution in [0.5, 0.6) is 0 Å². The molecule has 1 fully saturated rings. The number of fused-ring (bicyclic) bond motifs is 1. The van der Waals surface area contributed by atoms with E-state index in [1.165, 1.54) is 22.4 Å². The molecular weight excluding hydrogens is 364 g/mol. The SMILES string of the molecule is CC(=O)N(CC(=O)O)C1CCCN(C(=O)c2cnc3ccccn3c2=O)CC1. The van der Waals surface area contributed by atoms with Gasteiger partial charge in [-0.3, -0.25) is 23.6 Å². The third-order valence-electron chi connectivity index (χ3n) is 4.98. The van der Waals surface area contributed by atoms with Gasteiger partial charge in [-0.2, -0.15) is 0 Å². The molecule has 0 aliphatic carbocycles. The van der Waals surface area contributed by atoms with Crippen molar-refractivity contribution in [1.82, 2.24) is 19.2 Å². The van der Waals surface area contributed by atoms with Crippen LogP contribution >= 0.6 is 0 Å². The van der Waals surface area contributed by atoms with Gasteiger partial charge in [-0.25, -0.2) is 4.98 Å². The molecule has 0 bridgehead atoms. The standard InChI is InChI=1S/C19H22N4O5/c1-13(24)23(12-17(25)26)14-5-4-8-21(10-7-14)18(27)15-11-20-16-6-2-3-9-22(16)19(15)28/h2-3,6,9,11,14H,4-5,7-8,10,12H2,1H3,(H,25,26). The number of aliphatic carboxylic acids is 1. The molecule has 2 amide bonds. The highest BCUT2D eigenvalue weighted by molar-refractivity contribution is 5.93. The molecule has 1 saturated heterocycles. The van der Waals surface area contributed by atoms with Gasteiger partial charge in [0.1, 0.15) is 17.8 Å². The van der Waals surface area contributed by atoms with Gasteiger partial charge >= 0.3 is 5.97 Å². The predicted octanol–water partition coefficient (Wildman–Crippen LogP) is 0.622. The fourth-order valence-electron chi connectivity index (χ4n) is 3.58. The quantitative estimate of drug-likeness (QED) is 0.824. The molecule has 28 heavy (non-hydrogen) atoms. The van der Waals surface area contributed by atoms with Gasteiger partial charge in [0.15, 0.2) is 0 Å². The Balaban J connectivity index is 1.78. The van der Waals surface area contributed by atoms with Gasteiger partial charge in [-0.15, -0.1) is 0 Å². The summed E-state index contributed by atoms with van der Waals surface area (Å²) in [6.07, 6.45) is 4.54. The van der Waals surface area contributed by atoms with Crippen molar-refractivity contribution in [1.29, 1.82) is 0 Å². The second-order valence-electron chi connectivity index (χ2n) is 6.82. The van der Waals surface area contributed by atoms with Crippen LogP contribution in [0.1, 0.15) is 36.5 Å². The van der Waals surface area contributed by atoms with E-state index >= 15 is 0 Å². The van der Waals surface area contributed by atoms with Crippen molar-refractivity contribution >= 4 is 23.4 Å². The number of hydrogen-bond donors (Lipinski definition) is 1. The summed E-state index contributed by atoms with van der Waals surface area (Å²) >= 11 is 0. The molecular formula is C19H22N4O5. The second kappa shape index (κ2) is 8.20. The van der Waals surface area contributed by atoms with Crippen LogP contribution in [0, 0.1) is 0 Å². The van der Waals surface area contributed by atoms with Crippen LogP contribution in [-0.2, 0) is 9.59 Å². The lowest BCUT2D eigenvalue weighted by molar-refractivity contribution is -0.145. The summed E-state index contributed by atoms with van der Waals surface area (Å²) in [6, 6.07) is 4.89. The molecule has 0 spiro atoms. The molecule has 1 aliphatic heterocycles. The fourth-order valence-corrected chi connectivity index (χ4v) is 3.58. The van der Waals surface area contributed by atoms with Gasteiger partial charge in [0.05, 0.1) is 0 Å². The molecule has 9 nitrogen and oxygen atoms in total.